The standard InChI is InChI=1S/C13H15N3O2S/c1-9-7-10(14)8-15-13(9)16-11-3-5-12(6-4-11)19(2,17)18/h3-8H,14H2,1-2H3,(H,15,16). The van der Waals surface area contributed by atoms with Gasteiger partial charge in [-0.15, -0.1) is 0 Å². The summed E-state index contributed by atoms with van der Waals surface area (Å²) >= 11 is 0. The van der Waals surface area contributed by atoms with E-state index in [2.05, 4.69) is 10.3 Å². The number of hydrogen-bond donors (Lipinski definition) is 2. The summed E-state index contributed by atoms with van der Waals surface area (Å²) < 4.78 is 22.7. The fourth-order valence-corrected chi connectivity index (χ4v) is 2.28. The number of hydrogen-bond acceptors (Lipinski definition) is 5. The summed E-state index contributed by atoms with van der Waals surface area (Å²) in [5.41, 5.74) is 7.93. The SMILES string of the molecule is Cc1cc(N)cnc1Nc1ccc(S(C)(=O)=O)cc1. The molecular formula is C13H15N3O2S. The van der Waals surface area contributed by atoms with E-state index in [-0.39, 0.29) is 0 Å². The van der Waals surface area contributed by atoms with Crippen molar-refractivity contribution in [2.75, 3.05) is 17.3 Å². The zero-order valence-corrected chi connectivity index (χ0v) is 11.5. The summed E-state index contributed by atoms with van der Waals surface area (Å²) in [6.45, 7) is 1.90. The number of anilines is 3. The number of nitrogens with one attached hydrogen (secondary N) is 1. The van der Waals surface area contributed by atoms with Crippen LogP contribution in [0, 0.1) is 6.92 Å². The molecule has 6 heteroatoms. The predicted molar refractivity (Wildman–Crippen MR) is 76.2 cm³/mol. The lowest BCUT2D eigenvalue weighted by molar-refractivity contribution is 0.602. The second-order valence-electron chi connectivity index (χ2n) is 4.36. The second-order valence-corrected chi connectivity index (χ2v) is 6.37. The molecule has 0 aliphatic carbocycles. The maximum Gasteiger partial charge on any atom is 0.175 e. The zero-order valence-electron chi connectivity index (χ0n) is 10.7. The van der Waals surface area contributed by atoms with Gasteiger partial charge in [-0.3, -0.25) is 0 Å². The van der Waals surface area contributed by atoms with Gasteiger partial charge >= 0.3 is 0 Å². The Morgan fingerprint density at radius 1 is 1.21 bits per heavy atom. The van der Waals surface area contributed by atoms with Gasteiger partial charge in [0.05, 0.1) is 16.8 Å². The van der Waals surface area contributed by atoms with Crippen LogP contribution in [0.2, 0.25) is 0 Å². The molecule has 100 valence electrons. The van der Waals surface area contributed by atoms with Crippen LogP contribution < -0.4 is 11.1 Å². The summed E-state index contributed by atoms with van der Waals surface area (Å²) in [6, 6.07) is 8.34. The van der Waals surface area contributed by atoms with E-state index >= 15 is 0 Å². The minimum atomic E-state index is -3.17. The molecule has 0 spiro atoms. The largest absolute Gasteiger partial charge is 0.397 e. The van der Waals surface area contributed by atoms with Crippen LogP contribution in [0.5, 0.6) is 0 Å². The Bertz CT molecular complexity index is 694. The van der Waals surface area contributed by atoms with Crippen LogP contribution in [-0.2, 0) is 9.84 Å². The molecule has 2 rings (SSSR count). The van der Waals surface area contributed by atoms with E-state index in [1.807, 2.05) is 13.0 Å². The third-order valence-electron chi connectivity index (χ3n) is 2.64. The van der Waals surface area contributed by atoms with Crippen molar-refractivity contribution < 1.29 is 8.42 Å². The van der Waals surface area contributed by atoms with Crippen LogP contribution in [-0.4, -0.2) is 19.7 Å². The van der Waals surface area contributed by atoms with E-state index < -0.39 is 9.84 Å². The van der Waals surface area contributed by atoms with Gasteiger partial charge in [-0.05, 0) is 42.8 Å². The van der Waals surface area contributed by atoms with Gasteiger partial charge < -0.3 is 11.1 Å². The van der Waals surface area contributed by atoms with Gasteiger partial charge in [-0.25, -0.2) is 13.4 Å². The number of nitrogens with two attached hydrogens (primary N) is 1. The van der Waals surface area contributed by atoms with Crippen molar-refractivity contribution in [3.8, 4) is 0 Å². The van der Waals surface area contributed by atoms with Crippen molar-refractivity contribution in [1.82, 2.24) is 4.98 Å². The summed E-state index contributed by atoms with van der Waals surface area (Å²) in [7, 11) is -3.17. The number of pyridine rings is 1. The number of aryl methyl sites for hydroxylation is 1. The maximum absolute atomic E-state index is 11.3. The molecule has 0 aliphatic heterocycles. The smallest absolute Gasteiger partial charge is 0.175 e. The van der Waals surface area contributed by atoms with Crippen molar-refractivity contribution in [2.24, 2.45) is 0 Å². The molecule has 0 amide bonds. The van der Waals surface area contributed by atoms with E-state index in [0.29, 0.717) is 16.4 Å². The zero-order chi connectivity index (χ0) is 14.0. The van der Waals surface area contributed by atoms with E-state index in [4.69, 9.17) is 5.73 Å². The predicted octanol–water partition coefficient (Wildman–Crippen LogP) is 2.12. The molecule has 5 nitrogen and oxygen atoms in total. The Kier molecular flexibility index (Phi) is 3.44. The monoisotopic (exact) mass is 277 g/mol. The van der Waals surface area contributed by atoms with E-state index in [9.17, 15) is 8.42 Å². The summed E-state index contributed by atoms with van der Waals surface area (Å²) in [6.07, 6.45) is 2.75. The number of nitrogens with zero attached hydrogens (tertiary/aromatic N) is 1. The fraction of sp³-hybridized carbons (Fsp3) is 0.154. The molecule has 1 aromatic heterocycles. The summed E-state index contributed by atoms with van der Waals surface area (Å²) in [5.74, 6) is 0.696. The number of sulfone groups is 1. The van der Waals surface area contributed by atoms with E-state index in [1.165, 1.54) is 6.26 Å². The highest BCUT2D eigenvalue weighted by Crippen LogP contribution is 2.21. The van der Waals surface area contributed by atoms with Crippen LogP contribution in [0.4, 0.5) is 17.2 Å². The van der Waals surface area contributed by atoms with Gasteiger partial charge in [0, 0.05) is 11.9 Å². The minimum Gasteiger partial charge on any atom is -0.397 e. The lowest BCUT2D eigenvalue weighted by atomic mass is 10.2. The van der Waals surface area contributed by atoms with Gasteiger partial charge in [0.25, 0.3) is 0 Å². The van der Waals surface area contributed by atoms with Crippen LogP contribution in [0.1, 0.15) is 5.56 Å². The van der Waals surface area contributed by atoms with Gasteiger partial charge in [-0.2, -0.15) is 0 Å². The summed E-state index contributed by atoms with van der Waals surface area (Å²) in [5, 5.41) is 3.12. The van der Waals surface area contributed by atoms with Gasteiger partial charge in [0.2, 0.25) is 0 Å². The Morgan fingerprint density at radius 3 is 2.37 bits per heavy atom. The molecule has 19 heavy (non-hydrogen) atoms. The van der Waals surface area contributed by atoms with Crippen LogP contribution in [0.25, 0.3) is 0 Å². The van der Waals surface area contributed by atoms with Crippen molar-refractivity contribution in [3.05, 3.63) is 42.1 Å². The Labute approximate surface area is 112 Å². The topological polar surface area (TPSA) is 85.1 Å². The third kappa shape index (κ3) is 3.23. The molecular weight excluding hydrogens is 262 g/mol. The molecule has 0 aliphatic rings. The van der Waals surface area contributed by atoms with Crippen molar-refractivity contribution in [1.29, 1.82) is 0 Å². The number of benzene rings is 1. The average Bonchev–Trinajstić information content (AvgIpc) is 2.32. The highest BCUT2D eigenvalue weighted by Gasteiger charge is 2.07. The highest BCUT2D eigenvalue weighted by molar-refractivity contribution is 7.90. The normalized spacial score (nSPS) is 11.3. The quantitative estimate of drug-likeness (QED) is 0.897. The third-order valence-corrected chi connectivity index (χ3v) is 3.77. The van der Waals surface area contributed by atoms with Crippen LogP contribution in [0.3, 0.4) is 0 Å². The highest BCUT2D eigenvalue weighted by atomic mass is 32.2. The van der Waals surface area contributed by atoms with Gasteiger partial charge in [0.15, 0.2) is 9.84 Å². The van der Waals surface area contributed by atoms with Gasteiger partial charge in [-0.1, -0.05) is 0 Å². The van der Waals surface area contributed by atoms with Crippen molar-refractivity contribution in [3.63, 3.8) is 0 Å². The van der Waals surface area contributed by atoms with Crippen LogP contribution in [0.15, 0.2) is 41.4 Å². The lowest BCUT2D eigenvalue weighted by Crippen LogP contribution is -2.00. The van der Waals surface area contributed by atoms with Crippen molar-refractivity contribution >= 4 is 27.0 Å². The molecule has 0 atom stereocenters. The molecule has 1 heterocycles. The fourth-order valence-electron chi connectivity index (χ4n) is 1.65. The first kappa shape index (κ1) is 13.4. The second kappa shape index (κ2) is 4.89. The van der Waals surface area contributed by atoms with Crippen molar-refractivity contribution in [2.45, 2.75) is 11.8 Å². The first-order valence-corrected chi connectivity index (χ1v) is 7.54. The lowest BCUT2D eigenvalue weighted by Gasteiger charge is -2.09. The molecule has 0 bridgehead atoms. The molecule has 3 N–H and O–H groups in total. The first-order chi connectivity index (χ1) is 8.86. The molecule has 1 aromatic carbocycles. The number of nitrogen functional groups attached to an aromatic ring is 1. The Morgan fingerprint density at radius 2 is 1.84 bits per heavy atom. The molecule has 0 unspecified atom stereocenters. The maximum atomic E-state index is 11.3. The van der Waals surface area contributed by atoms with E-state index in [0.717, 1.165) is 11.3 Å². The number of aromatic nitrogens is 1. The average molecular weight is 277 g/mol. The number of rotatable bonds is 3. The summed E-state index contributed by atoms with van der Waals surface area (Å²) in [4.78, 5) is 4.48. The Hall–Kier alpha value is -2.08. The van der Waals surface area contributed by atoms with Gasteiger partial charge in [0.1, 0.15) is 5.82 Å². The molecule has 2 aromatic rings. The first-order valence-electron chi connectivity index (χ1n) is 5.65. The minimum absolute atomic E-state index is 0.292. The molecule has 0 radical (unpaired) electrons. The van der Waals surface area contributed by atoms with E-state index in [1.54, 1.807) is 30.5 Å². The van der Waals surface area contributed by atoms with Crippen LogP contribution >= 0.6 is 0 Å². The molecule has 0 fully saturated rings. The molecule has 0 saturated heterocycles. The molecule has 0 saturated carbocycles. The Balaban J connectivity index is 2.25.